The normalized spacial score (nSPS) is 18.1. The molecule has 0 aliphatic carbocycles. The second-order valence-corrected chi connectivity index (χ2v) is 8.75. The van der Waals surface area contributed by atoms with Crippen LogP contribution in [0.2, 0.25) is 9.36 Å². The topological polar surface area (TPSA) is 12.0 Å². The molecule has 0 saturated heterocycles. The Morgan fingerprint density at radius 2 is 2.15 bits per heavy atom. The maximum atomic E-state index is 6.12. The van der Waals surface area contributed by atoms with Gasteiger partial charge in [0.1, 0.15) is 4.34 Å². The van der Waals surface area contributed by atoms with Crippen LogP contribution in [-0.4, -0.2) is 5.75 Å². The van der Waals surface area contributed by atoms with E-state index < -0.39 is 0 Å². The van der Waals surface area contributed by atoms with Gasteiger partial charge in [0.2, 0.25) is 0 Å². The number of rotatable bonds is 3. The van der Waals surface area contributed by atoms with Crippen molar-refractivity contribution in [2.24, 2.45) is 0 Å². The fourth-order valence-electron chi connectivity index (χ4n) is 2.28. The maximum absolute atomic E-state index is 6.12. The highest BCUT2D eigenvalue weighted by molar-refractivity contribution is 9.10. The van der Waals surface area contributed by atoms with E-state index in [4.69, 9.17) is 23.2 Å². The number of thioether (sulfide) groups is 1. The van der Waals surface area contributed by atoms with Crippen molar-refractivity contribution in [3.05, 3.63) is 48.5 Å². The lowest BCUT2D eigenvalue weighted by atomic mass is 10.0. The van der Waals surface area contributed by atoms with E-state index >= 15 is 0 Å². The molecule has 1 N–H and O–H groups in total. The van der Waals surface area contributed by atoms with Crippen LogP contribution >= 0.6 is 62.2 Å². The molecule has 0 amide bonds. The quantitative estimate of drug-likeness (QED) is 0.653. The molecule has 1 atom stereocenters. The van der Waals surface area contributed by atoms with Crippen molar-refractivity contribution in [3.8, 4) is 0 Å². The van der Waals surface area contributed by atoms with Gasteiger partial charge >= 0.3 is 0 Å². The van der Waals surface area contributed by atoms with E-state index in [1.54, 1.807) is 11.3 Å². The molecule has 2 heterocycles. The molecule has 0 saturated carbocycles. The van der Waals surface area contributed by atoms with Crippen LogP contribution in [0.5, 0.6) is 0 Å². The van der Waals surface area contributed by atoms with Gasteiger partial charge in [0.15, 0.2) is 0 Å². The van der Waals surface area contributed by atoms with E-state index in [1.165, 1.54) is 15.3 Å². The lowest BCUT2D eigenvalue weighted by molar-refractivity contribution is 0.513. The number of hydrogen-bond donors (Lipinski definition) is 1. The molecule has 1 aromatic carbocycles. The third-order valence-corrected chi connectivity index (χ3v) is 7.06. The highest BCUT2D eigenvalue weighted by Gasteiger charge is 2.20. The first kappa shape index (κ1) is 15.2. The first-order valence-corrected chi connectivity index (χ1v) is 9.58. The summed E-state index contributed by atoms with van der Waals surface area (Å²) >= 11 is 19.2. The molecule has 20 heavy (non-hydrogen) atoms. The van der Waals surface area contributed by atoms with Crippen LogP contribution in [-0.2, 0) is 6.54 Å². The van der Waals surface area contributed by atoms with Gasteiger partial charge in [-0.15, -0.1) is 23.1 Å². The minimum atomic E-state index is 0.365. The fourth-order valence-corrected chi connectivity index (χ4v) is 5.31. The molecule has 1 unspecified atom stereocenters. The van der Waals surface area contributed by atoms with E-state index in [1.807, 2.05) is 17.8 Å². The standard InChI is InChI=1S/C14H12BrCl2NS2/c15-11-6-9(20-14(11)17)7-18-12-3-4-19-13-2-1-8(16)5-10(12)13/h1-2,5-6,12,18H,3-4,7H2. The van der Waals surface area contributed by atoms with Crippen molar-refractivity contribution >= 4 is 62.2 Å². The molecule has 1 nitrogen and oxygen atoms in total. The summed E-state index contributed by atoms with van der Waals surface area (Å²) in [6.45, 7) is 0.831. The number of nitrogens with one attached hydrogen (secondary N) is 1. The van der Waals surface area contributed by atoms with E-state index in [0.29, 0.717) is 6.04 Å². The van der Waals surface area contributed by atoms with Gasteiger partial charge in [-0.2, -0.15) is 0 Å². The molecule has 0 fully saturated rings. The number of fused-ring (bicyclic) bond motifs is 1. The minimum absolute atomic E-state index is 0.365. The maximum Gasteiger partial charge on any atom is 0.107 e. The number of benzene rings is 1. The van der Waals surface area contributed by atoms with E-state index in [-0.39, 0.29) is 0 Å². The lowest BCUT2D eigenvalue weighted by Crippen LogP contribution is -2.23. The SMILES string of the molecule is Clc1ccc2c(c1)C(NCc1cc(Br)c(Cl)s1)CCS2. The molecule has 1 aliphatic heterocycles. The van der Waals surface area contributed by atoms with Gasteiger partial charge in [-0.05, 0) is 57.9 Å². The number of halogens is 3. The highest BCUT2D eigenvalue weighted by Crippen LogP contribution is 2.38. The van der Waals surface area contributed by atoms with Crippen molar-refractivity contribution in [2.45, 2.75) is 23.9 Å². The molecule has 0 bridgehead atoms. The van der Waals surface area contributed by atoms with Crippen LogP contribution in [0.4, 0.5) is 0 Å². The predicted molar refractivity (Wildman–Crippen MR) is 93.4 cm³/mol. The van der Waals surface area contributed by atoms with Crippen LogP contribution < -0.4 is 5.32 Å². The molecule has 0 radical (unpaired) electrons. The van der Waals surface area contributed by atoms with Crippen LogP contribution in [0.1, 0.15) is 22.9 Å². The summed E-state index contributed by atoms with van der Waals surface area (Å²) < 4.78 is 1.79. The van der Waals surface area contributed by atoms with Gasteiger partial charge in [-0.25, -0.2) is 0 Å². The molecule has 6 heteroatoms. The Balaban J connectivity index is 1.74. The zero-order valence-corrected chi connectivity index (χ0v) is 15.2. The van der Waals surface area contributed by atoms with Crippen LogP contribution in [0.3, 0.4) is 0 Å². The Labute approximate surface area is 145 Å². The second kappa shape index (κ2) is 6.59. The number of hydrogen-bond acceptors (Lipinski definition) is 3. The van der Waals surface area contributed by atoms with Crippen LogP contribution in [0, 0.1) is 0 Å². The molecular formula is C14H12BrCl2NS2. The summed E-state index contributed by atoms with van der Waals surface area (Å²) in [6, 6.07) is 8.61. The highest BCUT2D eigenvalue weighted by atomic mass is 79.9. The minimum Gasteiger partial charge on any atom is -0.305 e. The summed E-state index contributed by atoms with van der Waals surface area (Å²) in [5.41, 5.74) is 1.32. The molecule has 1 aliphatic rings. The Kier molecular flexibility index (Phi) is 5.01. The lowest BCUT2D eigenvalue weighted by Gasteiger charge is -2.26. The monoisotopic (exact) mass is 407 g/mol. The summed E-state index contributed by atoms with van der Waals surface area (Å²) in [5.74, 6) is 1.14. The van der Waals surface area contributed by atoms with Gasteiger partial charge in [-0.3, -0.25) is 0 Å². The molecule has 1 aromatic heterocycles. The third kappa shape index (κ3) is 3.37. The number of thiophene rings is 1. The predicted octanol–water partition coefficient (Wildman–Crippen LogP) is 6.14. The van der Waals surface area contributed by atoms with E-state index in [2.05, 4.69) is 39.4 Å². The molecule has 106 valence electrons. The van der Waals surface area contributed by atoms with E-state index in [9.17, 15) is 0 Å². The van der Waals surface area contributed by atoms with E-state index in [0.717, 1.165) is 32.6 Å². The molecular weight excluding hydrogens is 397 g/mol. The first-order valence-electron chi connectivity index (χ1n) is 6.23. The summed E-state index contributed by atoms with van der Waals surface area (Å²) in [5, 5.41) is 4.43. The zero-order valence-electron chi connectivity index (χ0n) is 10.5. The van der Waals surface area contributed by atoms with Gasteiger partial charge in [0.05, 0.1) is 0 Å². The Bertz CT molecular complexity index is 610. The van der Waals surface area contributed by atoms with Crippen molar-refractivity contribution in [1.29, 1.82) is 0 Å². The van der Waals surface area contributed by atoms with Gasteiger partial charge < -0.3 is 5.32 Å². The second-order valence-electron chi connectivity index (χ2n) is 4.59. The van der Waals surface area contributed by atoms with Crippen molar-refractivity contribution in [2.75, 3.05) is 5.75 Å². The first-order chi connectivity index (χ1) is 9.63. The Morgan fingerprint density at radius 1 is 1.30 bits per heavy atom. The third-order valence-electron chi connectivity index (χ3n) is 3.23. The average Bonchev–Trinajstić information content (AvgIpc) is 2.75. The summed E-state index contributed by atoms with van der Waals surface area (Å²) in [4.78, 5) is 2.58. The summed E-state index contributed by atoms with van der Waals surface area (Å²) in [7, 11) is 0. The largest absolute Gasteiger partial charge is 0.305 e. The Hall–Kier alpha value is 0.290. The van der Waals surface area contributed by atoms with Crippen LogP contribution in [0.15, 0.2) is 33.6 Å². The van der Waals surface area contributed by atoms with Gasteiger partial charge in [-0.1, -0.05) is 23.2 Å². The molecule has 3 rings (SSSR count). The van der Waals surface area contributed by atoms with Crippen molar-refractivity contribution in [3.63, 3.8) is 0 Å². The fraction of sp³-hybridized carbons (Fsp3) is 0.286. The Morgan fingerprint density at radius 3 is 2.90 bits per heavy atom. The van der Waals surface area contributed by atoms with Crippen molar-refractivity contribution in [1.82, 2.24) is 5.32 Å². The van der Waals surface area contributed by atoms with Gasteiger partial charge in [0, 0.05) is 31.9 Å². The van der Waals surface area contributed by atoms with Crippen molar-refractivity contribution < 1.29 is 0 Å². The summed E-state index contributed by atoms with van der Waals surface area (Å²) in [6.07, 6.45) is 1.12. The molecule has 2 aromatic rings. The smallest absolute Gasteiger partial charge is 0.107 e. The van der Waals surface area contributed by atoms with Gasteiger partial charge in [0.25, 0.3) is 0 Å². The van der Waals surface area contributed by atoms with Crippen LogP contribution in [0.25, 0.3) is 0 Å². The molecule has 0 spiro atoms. The zero-order chi connectivity index (χ0) is 14.1. The average molecular weight is 409 g/mol.